The Bertz CT molecular complexity index is 862. The molecule has 0 bridgehead atoms. The normalized spacial score (nSPS) is 19.0. The minimum atomic E-state index is -1.06. The highest BCUT2D eigenvalue weighted by molar-refractivity contribution is 6.54. The second-order valence-electron chi connectivity index (χ2n) is 7.41. The van der Waals surface area contributed by atoms with Gasteiger partial charge in [0.1, 0.15) is 5.73 Å². The predicted octanol–water partition coefficient (Wildman–Crippen LogP) is 3.23. The molecule has 3 rings (SSSR count). The van der Waals surface area contributed by atoms with Crippen molar-refractivity contribution in [3.05, 3.63) is 70.1 Å². The molecule has 2 aromatic heterocycles. The number of nitrogens with zero attached hydrogens (tertiary/aromatic N) is 2. The summed E-state index contributed by atoms with van der Waals surface area (Å²) >= 11 is 0. The number of hydrogen-bond donors (Lipinski definition) is 0. The summed E-state index contributed by atoms with van der Waals surface area (Å²) in [7, 11) is -1.06. The summed E-state index contributed by atoms with van der Waals surface area (Å²) in [5.74, 6) is 0. The Labute approximate surface area is 152 Å². The summed E-state index contributed by atoms with van der Waals surface area (Å²) in [6, 6.07) is 6.68. The van der Waals surface area contributed by atoms with Crippen molar-refractivity contribution in [2.75, 3.05) is 0 Å². The fourth-order valence-electron chi connectivity index (χ4n) is 2.63. The van der Waals surface area contributed by atoms with E-state index in [9.17, 15) is 9.18 Å². The molecule has 1 aliphatic rings. The third kappa shape index (κ3) is 3.79. The average molecular weight is 356 g/mol. The number of halogens is 1. The Kier molecular flexibility index (Phi) is 4.86. The van der Waals surface area contributed by atoms with Gasteiger partial charge < -0.3 is 13.9 Å². The van der Waals surface area contributed by atoms with Gasteiger partial charge >= 0.3 is 7.12 Å². The summed E-state index contributed by atoms with van der Waals surface area (Å²) in [6.07, 6.45) is 6.31. The maximum atomic E-state index is 14.7. The van der Waals surface area contributed by atoms with Crippen LogP contribution in [0.3, 0.4) is 0 Å². The first-order valence-corrected chi connectivity index (χ1v) is 8.50. The fourth-order valence-corrected chi connectivity index (χ4v) is 2.63. The van der Waals surface area contributed by atoms with Crippen molar-refractivity contribution in [2.24, 2.45) is 0 Å². The van der Waals surface area contributed by atoms with Gasteiger partial charge in [-0.2, -0.15) is 0 Å². The standard InChI is InChI=1S/C19H22BFN2O3/c1-18(2)19(3,4)26-20(25-18)16(21)10-14-7-8-17(24)23(12-14)13-15-6-5-9-22-11-15/h5-12H,13H2,1-4H3. The molecule has 1 saturated heterocycles. The molecule has 1 aliphatic heterocycles. The zero-order chi connectivity index (χ0) is 18.9. The molecule has 0 spiro atoms. The van der Waals surface area contributed by atoms with Crippen molar-refractivity contribution in [1.29, 1.82) is 0 Å². The van der Waals surface area contributed by atoms with Crippen molar-refractivity contribution in [2.45, 2.75) is 45.4 Å². The summed E-state index contributed by atoms with van der Waals surface area (Å²) in [5, 5.41) is 0. The highest BCUT2D eigenvalue weighted by atomic mass is 19.1. The van der Waals surface area contributed by atoms with Gasteiger partial charge in [0, 0.05) is 24.7 Å². The van der Waals surface area contributed by atoms with Crippen LogP contribution in [-0.2, 0) is 15.9 Å². The van der Waals surface area contributed by atoms with E-state index in [-0.39, 0.29) is 5.56 Å². The minimum Gasteiger partial charge on any atom is -0.398 e. The molecule has 0 saturated carbocycles. The monoisotopic (exact) mass is 356 g/mol. The Morgan fingerprint density at radius 1 is 1.23 bits per heavy atom. The van der Waals surface area contributed by atoms with Crippen LogP contribution in [0.25, 0.3) is 6.08 Å². The van der Waals surface area contributed by atoms with Gasteiger partial charge in [0.25, 0.3) is 5.56 Å². The van der Waals surface area contributed by atoms with E-state index in [2.05, 4.69) is 4.98 Å². The third-order valence-electron chi connectivity index (χ3n) is 4.87. The Balaban J connectivity index is 1.83. The van der Waals surface area contributed by atoms with E-state index in [4.69, 9.17) is 9.31 Å². The summed E-state index contributed by atoms with van der Waals surface area (Å²) in [5.41, 5.74) is -0.468. The first-order chi connectivity index (χ1) is 12.2. The topological polar surface area (TPSA) is 53.4 Å². The number of pyridine rings is 2. The van der Waals surface area contributed by atoms with E-state index >= 15 is 0 Å². The van der Waals surface area contributed by atoms with Crippen molar-refractivity contribution >= 4 is 13.2 Å². The lowest BCUT2D eigenvalue weighted by molar-refractivity contribution is 0.00578. The Morgan fingerprint density at radius 3 is 2.54 bits per heavy atom. The van der Waals surface area contributed by atoms with E-state index in [1.54, 1.807) is 24.7 Å². The quantitative estimate of drug-likeness (QED) is 0.790. The number of aromatic nitrogens is 2. The molecule has 0 amide bonds. The van der Waals surface area contributed by atoms with E-state index in [0.29, 0.717) is 12.1 Å². The number of rotatable bonds is 4. The van der Waals surface area contributed by atoms with E-state index in [0.717, 1.165) is 5.56 Å². The first-order valence-electron chi connectivity index (χ1n) is 8.50. The molecule has 2 aromatic rings. The smallest absolute Gasteiger partial charge is 0.398 e. The summed E-state index contributed by atoms with van der Waals surface area (Å²) in [6.45, 7) is 7.85. The van der Waals surface area contributed by atoms with Gasteiger partial charge in [-0.05, 0) is 57.0 Å². The van der Waals surface area contributed by atoms with Gasteiger partial charge in [0.05, 0.1) is 17.7 Å². The van der Waals surface area contributed by atoms with Crippen LogP contribution in [0.15, 0.2) is 53.4 Å². The van der Waals surface area contributed by atoms with E-state index in [1.807, 2.05) is 39.8 Å². The summed E-state index contributed by atoms with van der Waals surface area (Å²) in [4.78, 5) is 16.1. The molecule has 26 heavy (non-hydrogen) atoms. The van der Waals surface area contributed by atoms with Crippen LogP contribution in [0.2, 0.25) is 0 Å². The minimum absolute atomic E-state index is 0.165. The highest BCUT2D eigenvalue weighted by Crippen LogP contribution is 2.39. The molecule has 0 aromatic carbocycles. The third-order valence-corrected chi connectivity index (χ3v) is 4.87. The van der Waals surface area contributed by atoms with Crippen LogP contribution in [0, 0.1) is 0 Å². The zero-order valence-corrected chi connectivity index (χ0v) is 15.4. The molecule has 0 atom stereocenters. The lowest BCUT2D eigenvalue weighted by atomic mass is 9.87. The molecule has 136 valence electrons. The van der Waals surface area contributed by atoms with Crippen LogP contribution in [0.4, 0.5) is 4.39 Å². The van der Waals surface area contributed by atoms with Gasteiger partial charge in [-0.25, -0.2) is 4.39 Å². The van der Waals surface area contributed by atoms with Crippen molar-refractivity contribution < 1.29 is 13.7 Å². The van der Waals surface area contributed by atoms with Gasteiger partial charge in [-0.15, -0.1) is 0 Å². The average Bonchev–Trinajstić information content (AvgIpc) is 2.80. The lowest BCUT2D eigenvalue weighted by Crippen LogP contribution is -2.41. The van der Waals surface area contributed by atoms with Crippen molar-refractivity contribution in [3.63, 3.8) is 0 Å². The van der Waals surface area contributed by atoms with Gasteiger partial charge in [0.15, 0.2) is 0 Å². The van der Waals surface area contributed by atoms with E-state index < -0.39 is 24.0 Å². The summed E-state index contributed by atoms with van der Waals surface area (Å²) < 4.78 is 27.6. The molecule has 0 radical (unpaired) electrons. The first kappa shape index (κ1) is 18.5. The molecule has 3 heterocycles. The molecule has 0 unspecified atom stereocenters. The molecule has 0 N–H and O–H groups in total. The van der Waals surface area contributed by atoms with Crippen molar-refractivity contribution in [3.8, 4) is 0 Å². The molecule has 1 fully saturated rings. The van der Waals surface area contributed by atoms with Crippen LogP contribution in [0.5, 0.6) is 0 Å². The lowest BCUT2D eigenvalue weighted by Gasteiger charge is -2.32. The van der Waals surface area contributed by atoms with Gasteiger partial charge in [-0.3, -0.25) is 9.78 Å². The van der Waals surface area contributed by atoms with Crippen LogP contribution in [-0.4, -0.2) is 27.9 Å². The second-order valence-corrected chi connectivity index (χ2v) is 7.41. The SMILES string of the molecule is CC1(C)OB(C(F)=Cc2ccc(=O)n(Cc3cccnc3)c2)OC1(C)C. The molecule has 7 heteroatoms. The maximum absolute atomic E-state index is 14.7. The van der Waals surface area contributed by atoms with Crippen molar-refractivity contribution in [1.82, 2.24) is 9.55 Å². The largest absolute Gasteiger partial charge is 0.525 e. The van der Waals surface area contributed by atoms with E-state index in [1.165, 1.54) is 16.7 Å². The highest BCUT2D eigenvalue weighted by Gasteiger charge is 2.53. The molecular formula is C19H22BFN2O3. The van der Waals surface area contributed by atoms with Crippen LogP contribution in [0.1, 0.15) is 38.8 Å². The van der Waals surface area contributed by atoms with Gasteiger partial charge in [0.2, 0.25) is 0 Å². The molecule has 5 nitrogen and oxygen atoms in total. The Hall–Kier alpha value is -2.25. The Morgan fingerprint density at radius 2 is 1.92 bits per heavy atom. The molecule has 0 aliphatic carbocycles. The second kappa shape index (κ2) is 6.81. The maximum Gasteiger partial charge on any atom is 0.525 e. The predicted molar refractivity (Wildman–Crippen MR) is 99.2 cm³/mol. The van der Waals surface area contributed by atoms with Gasteiger partial charge in [-0.1, -0.05) is 6.07 Å². The van der Waals surface area contributed by atoms with Crippen LogP contribution < -0.4 is 5.56 Å². The molecular weight excluding hydrogens is 334 g/mol. The number of hydrogen-bond acceptors (Lipinski definition) is 4. The van der Waals surface area contributed by atoms with Crippen LogP contribution >= 0.6 is 0 Å². The zero-order valence-electron chi connectivity index (χ0n) is 15.4. The fraction of sp³-hybridized carbons (Fsp3) is 0.368.